The normalized spacial score (nSPS) is 39.2. The lowest BCUT2D eigenvalue weighted by Crippen LogP contribution is -2.56. The van der Waals surface area contributed by atoms with Crippen molar-refractivity contribution in [3.05, 3.63) is 0 Å². The smallest absolute Gasteiger partial charge is 0.0246 e. The molecular formula is C15H30N2. The van der Waals surface area contributed by atoms with Crippen LogP contribution in [0, 0.1) is 5.41 Å². The summed E-state index contributed by atoms with van der Waals surface area (Å²) in [7, 11) is 0. The van der Waals surface area contributed by atoms with Crippen LogP contribution in [0.1, 0.15) is 59.8 Å². The maximum absolute atomic E-state index is 3.76. The van der Waals surface area contributed by atoms with Gasteiger partial charge in [-0.3, -0.25) is 4.90 Å². The summed E-state index contributed by atoms with van der Waals surface area (Å²) in [5.41, 5.74) is 0.467. The fourth-order valence-corrected chi connectivity index (χ4v) is 3.63. The van der Waals surface area contributed by atoms with Crippen LogP contribution in [0.5, 0.6) is 0 Å². The Bertz CT molecular complexity index is 239. The summed E-state index contributed by atoms with van der Waals surface area (Å²) in [6, 6.07) is 2.23. The largest absolute Gasteiger partial charge is 0.312 e. The predicted molar refractivity (Wildman–Crippen MR) is 74.3 cm³/mol. The van der Waals surface area contributed by atoms with E-state index in [1.807, 2.05) is 0 Å². The third-order valence-corrected chi connectivity index (χ3v) is 5.10. The Balaban J connectivity index is 1.98. The van der Waals surface area contributed by atoms with Crippen molar-refractivity contribution < 1.29 is 0 Å². The van der Waals surface area contributed by atoms with E-state index in [-0.39, 0.29) is 0 Å². The number of likely N-dealkylation sites (tertiary alicyclic amines) is 1. The van der Waals surface area contributed by atoms with Crippen molar-refractivity contribution in [1.29, 1.82) is 0 Å². The predicted octanol–water partition coefficient (Wildman–Crippen LogP) is 3.03. The number of nitrogens with one attached hydrogen (secondary N) is 1. The van der Waals surface area contributed by atoms with E-state index in [1.165, 1.54) is 45.2 Å². The molecule has 0 bridgehead atoms. The fraction of sp³-hybridized carbons (Fsp3) is 1.00. The van der Waals surface area contributed by atoms with Gasteiger partial charge in [0.25, 0.3) is 0 Å². The van der Waals surface area contributed by atoms with Gasteiger partial charge in [0.15, 0.2) is 0 Å². The summed E-state index contributed by atoms with van der Waals surface area (Å²) in [5.74, 6) is 0. The first kappa shape index (κ1) is 13.4. The van der Waals surface area contributed by atoms with Gasteiger partial charge < -0.3 is 5.32 Å². The van der Waals surface area contributed by atoms with Gasteiger partial charge in [-0.1, -0.05) is 20.3 Å². The van der Waals surface area contributed by atoms with E-state index in [0.717, 1.165) is 12.1 Å². The molecule has 1 N–H and O–H groups in total. The Hall–Kier alpha value is -0.0800. The van der Waals surface area contributed by atoms with Crippen LogP contribution < -0.4 is 5.32 Å². The lowest BCUT2D eigenvalue weighted by molar-refractivity contribution is 0.0539. The Labute approximate surface area is 107 Å². The third-order valence-electron chi connectivity index (χ3n) is 5.10. The van der Waals surface area contributed by atoms with Gasteiger partial charge in [0.05, 0.1) is 0 Å². The van der Waals surface area contributed by atoms with E-state index in [4.69, 9.17) is 0 Å². The topological polar surface area (TPSA) is 15.3 Å². The molecule has 2 aliphatic rings. The first-order valence-corrected chi connectivity index (χ1v) is 7.50. The molecule has 2 nitrogen and oxygen atoms in total. The minimum atomic E-state index is 0.467. The summed E-state index contributed by atoms with van der Waals surface area (Å²) < 4.78 is 0. The van der Waals surface area contributed by atoms with Crippen molar-refractivity contribution in [2.45, 2.75) is 77.9 Å². The molecule has 100 valence electrons. The number of hydrogen-bond acceptors (Lipinski definition) is 2. The van der Waals surface area contributed by atoms with Crippen molar-refractivity contribution >= 4 is 0 Å². The van der Waals surface area contributed by atoms with Crippen LogP contribution in [0.25, 0.3) is 0 Å². The van der Waals surface area contributed by atoms with E-state index < -0.39 is 0 Å². The van der Waals surface area contributed by atoms with Gasteiger partial charge in [-0.05, 0) is 51.5 Å². The lowest BCUT2D eigenvalue weighted by atomic mass is 9.77. The highest BCUT2D eigenvalue weighted by atomic mass is 15.2. The Morgan fingerprint density at radius 3 is 2.35 bits per heavy atom. The molecule has 0 aromatic carbocycles. The Kier molecular flexibility index (Phi) is 4.14. The molecule has 2 rings (SSSR count). The molecule has 3 atom stereocenters. The number of piperidine rings is 2. The molecule has 0 radical (unpaired) electrons. The van der Waals surface area contributed by atoms with Crippen molar-refractivity contribution in [2.24, 2.45) is 5.41 Å². The molecular weight excluding hydrogens is 208 g/mol. The molecule has 0 aliphatic carbocycles. The highest BCUT2D eigenvalue weighted by Gasteiger charge is 2.35. The van der Waals surface area contributed by atoms with Gasteiger partial charge in [0.1, 0.15) is 0 Å². The van der Waals surface area contributed by atoms with Crippen LogP contribution in [0.2, 0.25) is 0 Å². The van der Waals surface area contributed by atoms with Crippen LogP contribution >= 0.6 is 0 Å². The monoisotopic (exact) mass is 238 g/mol. The van der Waals surface area contributed by atoms with E-state index in [2.05, 4.69) is 37.9 Å². The quantitative estimate of drug-likeness (QED) is 0.795. The maximum Gasteiger partial charge on any atom is 0.0246 e. The minimum absolute atomic E-state index is 0.467. The highest BCUT2D eigenvalue weighted by Crippen LogP contribution is 2.32. The summed E-state index contributed by atoms with van der Waals surface area (Å²) >= 11 is 0. The third kappa shape index (κ3) is 3.03. The molecule has 0 saturated carbocycles. The number of rotatable bonds is 2. The van der Waals surface area contributed by atoms with Gasteiger partial charge in [-0.2, -0.15) is 0 Å². The van der Waals surface area contributed by atoms with Crippen molar-refractivity contribution in [3.63, 3.8) is 0 Å². The molecule has 3 unspecified atom stereocenters. The average Bonchev–Trinajstić information content (AvgIpc) is 2.25. The van der Waals surface area contributed by atoms with E-state index >= 15 is 0 Å². The van der Waals surface area contributed by atoms with Crippen molar-refractivity contribution in [2.75, 3.05) is 13.1 Å². The summed E-state index contributed by atoms with van der Waals surface area (Å²) in [6.45, 7) is 12.1. The second-order valence-electron chi connectivity index (χ2n) is 6.92. The first-order chi connectivity index (χ1) is 8.00. The standard InChI is InChI=1S/C15H30N2/c1-12-7-5-8-13(2)17(12)11-14-15(3,4)9-6-10-16-14/h12-14,16H,5-11H2,1-4H3. The van der Waals surface area contributed by atoms with Crippen LogP contribution in [-0.2, 0) is 0 Å². The summed E-state index contributed by atoms with van der Waals surface area (Å²) in [6.07, 6.45) is 6.91. The molecule has 2 fully saturated rings. The highest BCUT2D eigenvalue weighted by molar-refractivity contribution is 4.93. The Morgan fingerprint density at radius 1 is 1.12 bits per heavy atom. The van der Waals surface area contributed by atoms with Gasteiger partial charge in [-0.25, -0.2) is 0 Å². The zero-order chi connectivity index (χ0) is 12.5. The summed E-state index contributed by atoms with van der Waals surface area (Å²) in [5, 5.41) is 3.76. The molecule has 2 aliphatic heterocycles. The molecule has 0 amide bonds. The zero-order valence-corrected chi connectivity index (χ0v) is 12.1. The minimum Gasteiger partial charge on any atom is -0.312 e. The van der Waals surface area contributed by atoms with Crippen LogP contribution in [0.4, 0.5) is 0 Å². The van der Waals surface area contributed by atoms with Gasteiger partial charge in [0.2, 0.25) is 0 Å². The van der Waals surface area contributed by atoms with Crippen LogP contribution in [0.15, 0.2) is 0 Å². The van der Waals surface area contributed by atoms with E-state index in [1.54, 1.807) is 0 Å². The lowest BCUT2D eigenvalue weighted by Gasteiger charge is -2.46. The SMILES string of the molecule is CC1CCCC(C)N1CC1NCCCC1(C)C. The summed E-state index contributed by atoms with van der Waals surface area (Å²) in [4.78, 5) is 2.74. The molecule has 2 heteroatoms. The Morgan fingerprint density at radius 2 is 1.76 bits per heavy atom. The van der Waals surface area contributed by atoms with E-state index in [9.17, 15) is 0 Å². The maximum atomic E-state index is 3.76. The van der Waals surface area contributed by atoms with Crippen molar-refractivity contribution in [1.82, 2.24) is 10.2 Å². The van der Waals surface area contributed by atoms with Gasteiger partial charge in [0, 0.05) is 24.7 Å². The number of hydrogen-bond donors (Lipinski definition) is 1. The second kappa shape index (κ2) is 5.27. The fourth-order valence-electron chi connectivity index (χ4n) is 3.63. The molecule has 17 heavy (non-hydrogen) atoms. The molecule has 0 aromatic rings. The zero-order valence-electron chi connectivity index (χ0n) is 12.1. The van der Waals surface area contributed by atoms with Crippen LogP contribution in [0.3, 0.4) is 0 Å². The van der Waals surface area contributed by atoms with E-state index in [0.29, 0.717) is 11.5 Å². The van der Waals surface area contributed by atoms with Crippen LogP contribution in [-0.4, -0.2) is 36.1 Å². The van der Waals surface area contributed by atoms with Crippen molar-refractivity contribution in [3.8, 4) is 0 Å². The number of nitrogens with zero attached hydrogens (tertiary/aromatic N) is 1. The first-order valence-electron chi connectivity index (χ1n) is 7.50. The average molecular weight is 238 g/mol. The van der Waals surface area contributed by atoms with Gasteiger partial charge in [-0.15, -0.1) is 0 Å². The molecule has 2 heterocycles. The molecule has 0 aromatic heterocycles. The van der Waals surface area contributed by atoms with Gasteiger partial charge >= 0.3 is 0 Å². The molecule has 0 spiro atoms. The molecule has 2 saturated heterocycles. The second-order valence-corrected chi connectivity index (χ2v) is 6.92.